The van der Waals surface area contributed by atoms with Gasteiger partial charge >= 0.3 is 0 Å². The van der Waals surface area contributed by atoms with E-state index in [1.807, 2.05) is 12.1 Å². The molecule has 5 nitrogen and oxygen atoms in total. The number of anilines is 1. The van der Waals surface area contributed by atoms with E-state index in [1.54, 1.807) is 25.6 Å². The molecule has 0 unspecified atom stereocenters. The van der Waals surface area contributed by atoms with Gasteiger partial charge in [0, 0.05) is 25.0 Å². The average Bonchev–Trinajstić information content (AvgIpc) is 2.86. The van der Waals surface area contributed by atoms with Crippen LogP contribution in [0.4, 0.5) is 5.00 Å². The van der Waals surface area contributed by atoms with Crippen LogP contribution in [-0.4, -0.2) is 29.5 Å². The number of thiazole rings is 1. The van der Waals surface area contributed by atoms with Crippen LogP contribution in [0, 0.1) is 0 Å². The van der Waals surface area contributed by atoms with Crippen molar-refractivity contribution in [3.8, 4) is 10.6 Å². The Labute approximate surface area is 103 Å². The van der Waals surface area contributed by atoms with Crippen LogP contribution in [0.15, 0.2) is 30.7 Å². The third-order valence-corrected chi connectivity index (χ3v) is 3.14. The predicted molar refractivity (Wildman–Crippen MR) is 67.9 cm³/mol. The van der Waals surface area contributed by atoms with Gasteiger partial charge in [0.25, 0.3) is 0 Å². The second-order valence-corrected chi connectivity index (χ2v) is 4.32. The maximum atomic E-state index is 11.1. The Morgan fingerprint density at radius 3 is 2.88 bits per heavy atom. The topological polar surface area (TPSA) is 66.9 Å². The molecule has 0 saturated heterocycles. The molecular weight excluding hydrogens is 236 g/mol. The molecule has 0 spiro atoms. The number of nitrogens with one attached hydrogen (secondary N) is 2. The van der Waals surface area contributed by atoms with E-state index in [4.69, 9.17) is 0 Å². The highest BCUT2D eigenvalue weighted by molar-refractivity contribution is 7.18. The van der Waals surface area contributed by atoms with Crippen LogP contribution in [0.1, 0.15) is 0 Å². The number of carbonyl (C=O) groups excluding carboxylic acids is 1. The summed E-state index contributed by atoms with van der Waals surface area (Å²) in [7, 11) is 1.61. The van der Waals surface area contributed by atoms with Gasteiger partial charge in [-0.2, -0.15) is 0 Å². The molecule has 2 heterocycles. The molecule has 88 valence electrons. The average molecular weight is 248 g/mol. The predicted octanol–water partition coefficient (Wildman–Crippen LogP) is 1.36. The van der Waals surface area contributed by atoms with E-state index >= 15 is 0 Å². The first kappa shape index (κ1) is 11.5. The fraction of sp³-hybridized carbons (Fsp3) is 0.182. The number of hydrogen-bond acceptors (Lipinski definition) is 5. The number of amides is 1. The molecule has 2 N–H and O–H groups in total. The summed E-state index contributed by atoms with van der Waals surface area (Å²) in [5.74, 6) is -0.0520. The Hall–Kier alpha value is -1.95. The second-order valence-electron chi connectivity index (χ2n) is 3.29. The first-order valence-corrected chi connectivity index (χ1v) is 5.92. The Morgan fingerprint density at radius 1 is 1.41 bits per heavy atom. The number of likely N-dealkylation sites (N-methyl/N-ethyl adjacent to an activating group) is 1. The molecule has 2 aromatic heterocycles. The molecule has 0 fully saturated rings. The lowest BCUT2D eigenvalue weighted by Gasteiger charge is -2.00. The van der Waals surface area contributed by atoms with Crippen LogP contribution in [0.3, 0.4) is 0 Å². The van der Waals surface area contributed by atoms with E-state index < -0.39 is 0 Å². The van der Waals surface area contributed by atoms with Crippen molar-refractivity contribution in [1.82, 2.24) is 15.3 Å². The number of pyridine rings is 1. The van der Waals surface area contributed by atoms with Crippen molar-refractivity contribution in [2.75, 3.05) is 18.9 Å². The summed E-state index contributed by atoms with van der Waals surface area (Å²) < 4.78 is 0. The van der Waals surface area contributed by atoms with Gasteiger partial charge in [0.2, 0.25) is 5.91 Å². The molecule has 0 aliphatic carbocycles. The summed E-state index contributed by atoms with van der Waals surface area (Å²) in [6, 6.07) is 3.81. The number of hydrogen-bond donors (Lipinski definition) is 2. The zero-order chi connectivity index (χ0) is 12.1. The van der Waals surface area contributed by atoms with Crippen molar-refractivity contribution < 1.29 is 4.79 Å². The molecule has 0 aliphatic rings. The summed E-state index contributed by atoms with van der Waals surface area (Å²) in [4.78, 5) is 19.3. The fourth-order valence-corrected chi connectivity index (χ4v) is 2.06. The molecule has 2 rings (SSSR count). The summed E-state index contributed by atoms with van der Waals surface area (Å²) in [6.07, 6.45) is 5.19. The maximum Gasteiger partial charge on any atom is 0.239 e. The summed E-state index contributed by atoms with van der Waals surface area (Å²) in [5, 5.41) is 7.35. The third kappa shape index (κ3) is 3.01. The van der Waals surface area contributed by atoms with Crippen molar-refractivity contribution in [3.63, 3.8) is 0 Å². The normalized spacial score (nSPS) is 9.94. The minimum atomic E-state index is -0.0520. The van der Waals surface area contributed by atoms with Crippen molar-refractivity contribution in [2.24, 2.45) is 0 Å². The van der Waals surface area contributed by atoms with E-state index in [0.29, 0.717) is 0 Å². The fourth-order valence-electron chi connectivity index (χ4n) is 1.24. The Bertz CT molecular complexity index is 497. The zero-order valence-electron chi connectivity index (χ0n) is 9.30. The Morgan fingerprint density at radius 2 is 2.18 bits per heavy atom. The highest BCUT2D eigenvalue weighted by Crippen LogP contribution is 2.27. The highest BCUT2D eigenvalue weighted by atomic mass is 32.1. The van der Waals surface area contributed by atoms with E-state index in [2.05, 4.69) is 20.6 Å². The molecule has 0 atom stereocenters. The van der Waals surface area contributed by atoms with Crippen molar-refractivity contribution in [3.05, 3.63) is 30.7 Å². The van der Waals surface area contributed by atoms with Gasteiger partial charge in [0.15, 0.2) is 0 Å². The second kappa shape index (κ2) is 5.40. The first-order valence-electron chi connectivity index (χ1n) is 5.10. The zero-order valence-corrected chi connectivity index (χ0v) is 10.1. The van der Waals surface area contributed by atoms with Gasteiger partial charge in [0.1, 0.15) is 10.0 Å². The van der Waals surface area contributed by atoms with Crippen molar-refractivity contribution >= 4 is 22.2 Å². The largest absolute Gasteiger partial charge is 0.367 e. The molecular formula is C11H12N4OS. The standard InChI is InChI=1S/C11H12N4OS/c1-12-9(16)6-14-10-7-15-11(17-10)8-2-4-13-5-3-8/h2-5,7,14H,6H2,1H3,(H,12,16). The lowest BCUT2D eigenvalue weighted by atomic mass is 10.3. The molecule has 0 aromatic carbocycles. The number of carbonyl (C=O) groups is 1. The minimum absolute atomic E-state index is 0.0520. The van der Waals surface area contributed by atoms with Crippen molar-refractivity contribution in [2.45, 2.75) is 0 Å². The third-order valence-electron chi connectivity index (χ3n) is 2.13. The molecule has 0 bridgehead atoms. The van der Waals surface area contributed by atoms with Crippen LogP contribution in [0.25, 0.3) is 10.6 Å². The van der Waals surface area contributed by atoms with Gasteiger partial charge in [-0.1, -0.05) is 11.3 Å². The summed E-state index contributed by atoms with van der Waals surface area (Å²) >= 11 is 1.51. The highest BCUT2D eigenvalue weighted by Gasteiger charge is 2.05. The smallest absolute Gasteiger partial charge is 0.239 e. The van der Waals surface area contributed by atoms with Gasteiger partial charge in [-0.05, 0) is 12.1 Å². The van der Waals surface area contributed by atoms with Gasteiger partial charge in [-0.15, -0.1) is 0 Å². The van der Waals surface area contributed by atoms with Crippen LogP contribution in [0.2, 0.25) is 0 Å². The van der Waals surface area contributed by atoms with E-state index in [1.165, 1.54) is 11.3 Å². The molecule has 2 aromatic rings. The quantitative estimate of drug-likeness (QED) is 0.857. The van der Waals surface area contributed by atoms with Gasteiger partial charge in [0.05, 0.1) is 12.7 Å². The summed E-state index contributed by atoms with van der Waals surface area (Å²) in [5.41, 5.74) is 1.03. The van der Waals surface area contributed by atoms with Crippen LogP contribution in [-0.2, 0) is 4.79 Å². The first-order chi connectivity index (χ1) is 8.29. The number of aromatic nitrogens is 2. The Balaban J connectivity index is 2.04. The minimum Gasteiger partial charge on any atom is -0.367 e. The van der Waals surface area contributed by atoms with Crippen LogP contribution >= 0.6 is 11.3 Å². The van der Waals surface area contributed by atoms with E-state index in [0.717, 1.165) is 15.6 Å². The molecule has 17 heavy (non-hydrogen) atoms. The van der Waals surface area contributed by atoms with E-state index in [-0.39, 0.29) is 12.5 Å². The molecule has 1 amide bonds. The van der Waals surface area contributed by atoms with Crippen molar-refractivity contribution in [1.29, 1.82) is 0 Å². The van der Waals surface area contributed by atoms with Gasteiger partial charge in [-0.3, -0.25) is 9.78 Å². The Kier molecular flexibility index (Phi) is 3.66. The molecule has 0 aliphatic heterocycles. The molecule has 6 heteroatoms. The lowest BCUT2D eigenvalue weighted by molar-refractivity contribution is -0.118. The lowest BCUT2D eigenvalue weighted by Crippen LogP contribution is -2.25. The van der Waals surface area contributed by atoms with Crippen LogP contribution in [0.5, 0.6) is 0 Å². The van der Waals surface area contributed by atoms with Gasteiger partial charge in [-0.25, -0.2) is 4.98 Å². The molecule has 0 radical (unpaired) electrons. The molecule has 0 saturated carbocycles. The monoisotopic (exact) mass is 248 g/mol. The summed E-state index contributed by atoms with van der Waals surface area (Å²) in [6.45, 7) is 0.258. The SMILES string of the molecule is CNC(=O)CNc1cnc(-c2ccncc2)s1. The maximum absolute atomic E-state index is 11.1. The number of rotatable bonds is 4. The number of nitrogens with zero attached hydrogens (tertiary/aromatic N) is 2. The van der Waals surface area contributed by atoms with Crippen LogP contribution < -0.4 is 10.6 Å². The van der Waals surface area contributed by atoms with E-state index in [9.17, 15) is 4.79 Å². The van der Waals surface area contributed by atoms with Gasteiger partial charge < -0.3 is 10.6 Å².